The number of hydrogen-bond donors (Lipinski definition) is 3. The molecular formula is C35H59N3O2. The Hall–Kier alpha value is -2.92. The van der Waals surface area contributed by atoms with E-state index >= 15 is 0 Å². The second kappa shape index (κ2) is 21.8. The summed E-state index contributed by atoms with van der Waals surface area (Å²) in [6.45, 7) is 26.4. The van der Waals surface area contributed by atoms with E-state index in [9.17, 15) is 4.79 Å². The van der Waals surface area contributed by atoms with Crippen molar-refractivity contribution < 1.29 is 9.53 Å². The highest BCUT2D eigenvalue weighted by Crippen LogP contribution is 2.22. The van der Waals surface area contributed by atoms with Gasteiger partial charge >= 0.3 is 0 Å². The van der Waals surface area contributed by atoms with Crippen LogP contribution in [0.1, 0.15) is 110 Å². The topological polar surface area (TPSA) is 88.2 Å². The molecule has 0 spiro atoms. The summed E-state index contributed by atoms with van der Waals surface area (Å²) in [5, 5.41) is 8.43. The van der Waals surface area contributed by atoms with E-state index in [0.717, 1.165) is 36.5 Å². The fraction of sp³-hybridized carbons (Fsp3) is 0.543. The van der Waals surface area contributed by atoms with Gasteiger partial charge < -0.3 is 21.2 Å². The molecule has 0 aliphatic heterocycles. The molecule has 5 nitrogen and oxygen atoms in total. The van der Waals surface area contributed by atoms with Crippen LogP contribution in [0.3, 0.4) is 0 Å². The van der Waals surface area contributed by atoms with Crippen molar-refractivity contribution in [1.82, 2.24) is 5.32 Å². The Bertz CT molecular complexity index is 941. The molecule has 1 atom stereocenters. The van der Waals surface area contributed by atoms with E-state index in [1.165, 1.54) is 11.1 Å². The molecule has 2 aromatic rings. The number of hydrogen-bond acceptors (Lipinski definition) is 4. The van der Waals surface area contributed by atoms with E-state index in [0.29, 0.717) is 18.0 Å². The van der Waals surface area contributed by atoms with Crippen LogP contribution in [0.25, 0.3) is 0 Å². The van der Waals surface area contributed by atoms with Gasteiger partial charge in [-0.25, -0.2) is 0 Å². The molecule has 0 aromatic heterocycles. The molecule has 0 radical (unpaired) electrons. The van der Waals surface area contributed by atoms with E-state index in [4.69, 9.17) is 15.9 Å². The zero-order chi connectivity index (χ0) is 31.3. The minimum Gasteiger partial charge on any atom is -0.491 e. The molecular weight excluding hydrogens is 494 g/mol. The van der Waals surface area contributed by atoms with Gasteiger partial charge in [-0.05, 0) is 101 Å². The summed E-state index contributed by atoms with van der Waals surface area (Å²) >= 11 is 0. The standard InChI is InChI=1S/C19H23NO2.C11H23N.C4H10.CH3N/c1-4-15-5-7-16(8-6-15)13-20-19(21)17-9-11-18(12-10-17)22-14(2)3;1-6-7-10(4)11(5,12)8-9(2)3;1-4(2)3;1-2/h5-12,14H,4,13H2,1-3H3,(H,20,21);7,9H,6,8,12H2,1-5H3;4H,1-3H3;2H,1H2/b;10-7+;;. The number of nitrogens with two attached hydrogens (primary N) is 1. The van der Waals surface area contributed by atoms with Crippen molar-refractivity contribution in [2.45, 2.75) is 114 Å². The van der Waals surface area contributed by atoms with Gasteiger partial charge in [0.25, 0.3) is 5.91 Å². The Balaban J connectivity index is 0. The first-order valence-corrected chi connectivity index (χ1v) is 14.7. The number of carbonyl (C=O) groups is 1. The first kappa shape index (κ1) is 39.2. The van der Waals surface area contributed by atoms with Crippen LogP contribution in [0.5, 0.6) is 5.75 Å². The molecule has 0 saturated heterocycles. The van der Waals surface area contributed by atoms with Gasteiger partial charge in [-0.3, -0.25) is 4.79 Å². The summed E-state index contributed by atoms with van der Waals surface area (Å²) in [4.78, 5) is 12.1. The van der Waals surface area contributed by atoms with Crippen molar-refractivity contribution in [3.8, 4) is 5.75 Å². The van der Waals surface area contributed by atoms with Crippen LogP contribution < -0.4 is 15.8 Å². The normalized spacial score (nSPS) is 12.2. The largest absolute Gasteiger partial charge is 0.491 e. The van der Waals surface area contributed by atoms with Crippen molar-refractivity contribution in [3.05, 3.63) is 76.9 Å². The monoisotopic (exact) mass is 553 g/mol. The molecule has 0 aliphatic carbocycles. The van der Waals surface area contributed by atoms with Gasteiger partial charge in [-0.15, -0.1) is 0 Å². The average Bonchev–Trinajstić information content (AvgIpc) is 2.88. The average molecular weight is 554 g/mol. The van der Waals surface area contributed by atoms with Gasteiger partial charge in [0.1, 0.15) is 5.75 Å². The molecule has 5 heteroatoms. The molecule has 0 heterocycles. The quantitative estimate of drug-likeness (QED) is 0.203. The van der Waals surface area contributed by atoms with Crippen molar-refractivity contribution >= 4 is 12.6 Å². The number of nitrogens with one attached hydrogen (secondary N) is 2. The maximum Gasteiger partial charge on any atom is 0.251 e. The third-order valence-corrected chi connectivity index (χ3v) is 5.62. The van der Waals surface area contributed by atoms with Crippen LogP contribution in [-0.4, -0.2) is 24.3 Å². The molecule has 2 aromatic carbocycles. The van der Waals surface area contributed by atoms with Crippen molar-refractivity contribution in [2.24, 2.45) is 17.6 Å². The predicted octanol–water partition coefficient (Wildman–Crippen LogP) is 9.00. The van der Waals surface area contributed by atoms with Gasteiger partial charge in [0.2, 0.25) is 0 Å². The van der Waals surface area contributed by atoms with Crippen molar-refractivity contribution in [3.63, 3.8) is 0 Å². The summed E-state index contributed by atoms with van der Waals surface area (Å²) in [7, 11) is 0. The fourth-order valence-electron chi connectivity index (χ4n) is 3.68. The highest BCUT2D eigenvalue weighted by molar-refractivity contribution is 5.94. The predicted molar refractivity (Wildman–Crippen MR) is 176 cm³/mol. The molecule has 0 aliphatic rings. The van der Waals surface area contributed by atoms with Crippen LogP contribution in [-0.2, 0) is 13.0 Å². The number of ether oxygens (including phenoxy) is 1. The highest BCUT2D eigenvalue weighted by atomic mass is 16.5. The zero-order valence-corrected chi connectivity index (χ0v) is 27.4. The maximum atomic E-state index is 12.1. The summed E-state index contributed by atoms with van der Waals surface area (Å²) in [5.74, 6) is 2.21. The number of allylic oxidation sites excluding steroid dienone is 1. The molecule has 0 bridgehead atoms. The third-order valence-electron chi connectivity index (χ3n) is 5.62. The molecule has 40 heavy (non-hydrogen) atoms. The van der Waals surface area contributed by atoms with Crippen molar-refractivity contribution in [1.29, 1.82) is 5.41 Å². The summed E-state index contributed by atoms with van der Waals surface area (Å²) in [6, 6.07) is 15.5. The van der Waals surface area contributed by atoms with Gasteiger partial charge in [0.15, 0.2) is 0 Å². The Kier molecular flexibility index (Phi) is 21.4. The minimum absolute atomic E-state index is 0.0735. The first-order chi connectivity index (χ1) is 18.7. The second-order valence-corrected chi connectivity index (χ2v) is 11.6. The Morgan fingerprint density at radius 2 is 1.43 bits per heavy atom. The Labute approximate surface area is 246 Å². The minimum atomic E-state index is -0.107. The number of rotatable bonds is 10. The van der Waals surface area contributed by atoms with Crippen LogP contribution in [0.2, 0.25) is 0 Å². The van der Waals surface area contributed by atoms with E-state index in [2.05, 4.69) is 105 Å². The smallest absolute Gasteiger partial charge is 0.251 e. The Morgan fingerprint density at radius 3 is 1.82 bits per heavy atom. The first-order valence-electron chi connectivity index (χ1n) is 14.7. The van der Waals surface area contributed by atoms with E-state index < -0.39 is 0 Å². The fourth-order valence-corrected chi connectivity index (χ4v) is 3.68. The lowest BCUT2D eigenvalue weighted by Crippen LogP contribution is -2.38. The lowest BCUT2D eigenvalue weighted by molar-refractivity contribution is 0.0951. The number of amides is 1. The second-order valence-electron chi connectivity index (χ2n) is 11.6. The summed E-state index contributed by atoms with van der Waals surface area (Å²) in [5.41, 5.74) is 10.4. The van der Waals surface area contributed by atoms with Gasteiger partial charge in [0, 0.05) is 17.6 Å². The maximum absolute atomic E-state index is 12.1. The SMILES string of the molecule is C=N.CC(C)C.CC/C=C(\C)C(C)(N)CC(C)C.CCc1ccc(CNC(=O)c2ccc(OC(C)C)cc2)cc1. The molecule has 1 amide bonds. The summed E-state index contributed by atoms with van der Waals surface area (Å²) in [6.07, 6.45) is 5.53. The molecule has 4 N–H and O–H groups in total. The lowest BCUT2D eigenvalue weighted by atomic mass is 9.85. The van der Waals surface area contributed by atoms with Crippen molar-refractivity contribution in [2.75, 3.05) is 0 Å². The molecule has 1 unspecified atom stereocenters. The van der Waals surface area contributed by atoms with Crippen LogP contribution >= 0.6 is 0 Å². The number of benzene rings is 2. The highest BCUT2D eigenvalue weighted by Gasteiger charge is 2.21. The molecule has 226 valence electrons. The number of aryl methyl sites for hydroxylation is 1. The van der Waals surface area contributed by atoms with Crippen LogP contribution in [0.4, 0.5) is 0 Å². The molecule has 0 fully saturated rings. The Morgan fingerprint density at radius 1 is 0.950 bits per heavy atom. The van der Waals surface area contributed by atoms with Gasteiger partial charge in [-0.2, -0.15) is 0 Å². The van der Waals surface area contributed by atoms with Gasteiger partial charge in [-0.1, -0.05) is 84.4 Å². The van der Waals surface area contributed by atoms with E-state index in [1.807, 2.05) is 26.0 Å². The van der Waals surface area contributed by atoms with Crippen LogP contribution in [0, 0.1) is 17.2 Å². The molecule has 2 rings (SSSR count). The van der Waals surface area contributed by atoms with Gasteiger partial charge in [0.05, 0.1) is 6.10 Å². The lowest BCUT2D eigenvalue weighted by Gasteiger charge is -2.28. The summed E-state index contributed by atoms with van der Waals surface area (Å²) < 4.78 is 5.57. The third kappa shape index (κ3) is 19.2. The molecule has 0 saturated carbocycles. The van der Waals surface area contributed by atoms with Crippen LogP contribution in [0.15, 0.2) is 60.2 Å². The zero-order valence-electron chi connectivity index (χ0n) is 27.4. The number of carbonyl (C=O) groups excluding carboxylic acids is 1. The van der Waals surface area contributed by atoms with E-state index in [1.54, 1.807) is 12.1 Å². The van der Waals surface area contributed by atoms with E-state index in [-0.39, 0.29) is 17.6 Å².